The predicted octanol–water partition coefficient (Wildman–Crippen LogP) is 1.09. The molecule has 0 aliphatic carbocycles. The number of likely N-dealkylation sites (tertiary alicyclic amines) is 2. The molecule has 3 heterocycles. The number of rotatable bonds is 3. The molecular formula is C17H29N3O2. The first kappa shape index (κ1) is 15.8. The number of fused-ring (bicyclic) bond motifs is 1. The second-order valence-electron chi connectivity index (χ2n) is 7.46. The minimum Gasteiger partial charge on any atom is -0.341 e. The lowest BCUT2D eigenvalue weighted by Gasteiger charge is -2.34. The van der Waals surface area contributed by atoms with Crippen LogP contribution in [0.3, 0.4) is 0 Å². The van der Waals surface area contributed by atoms with Crippen molar-refractivity contribution in [2.45, 2.75) is 45.6 Å². The molecule has 1 N–H and O–H groups in total. The van der Waals surface area contributed by atoms with E-state index < -0.39 is 0 Å². The van der Waals surface area contributed by atoms with Gasteiger partial charge in [-0.2, -0.15) is 0 Å². The monoisotopic (exact) mass is 307 g/mol. The van der Waals surface area contributed by atoms with Gasteiger partial charge in [-0.15, -0.1) is 0 Å². The van der Waals surface area contributed by atoms with Gasteiger partial charge in [0.2, 0.25) is 11.8 Å². The van der Waals surface area contributed by atoms with Gasteiger partial charge < -0.3 is 15.1 Å². The van der Waals surface area contributed by atoms with E-state index in [2.05, 4.69) is 19.2 Å². The summed E-state index contributed by atoms with van der Waals surface area (Å²) >= 11 is 0. The number of carbonyl (C=O) groups is 2. The summed E-state index contributed by atoms with van der Waals surface area (Å²) in [5.74, 6) is 1.97. The summed E-state index contributed by atoms with van der Waals surface area (Å²) in [5.41, 5.74) is 0. The van der Waals surface area contributed by atoms with Gasteiger partial charge in [0, 0.05) is 26.1 Å². The lowest BCUT2D eigenvalue weighted by atomic mass is 9.92. The van der Waals surface area contributed by atoms with Gasteiger partial charge >= 0.3 is 0 Å². The molecule has 124 valence electrons. The van der Waals surface area contributed by atoms with Crippen molar-refractivity contribution in [3.05, 3.63) is 0 Å². The van der Waals surface area contributed by atoms with E-state index >= 15 is 0 Å². The molecular weight excluding hydrogens is 278 g/mol. The Balaban J connectivity index is 1.69. The second-order valence-corrected chi connectivity index (χ2v) is 7.46. The van der Waals surface area contributed by atoms with Crippen molar-refractivity contribution in [1.29, 1.82) is 0 Å². The van der Waals surface area contributed by atoms with Gasteiger partial charge in [0.25, 0.3) is 0 Å². The summed E-state index contributed by atoms with van der Waals surface area (Å²) in [5, 5.41) is 3.47. The molecule has 1 unspecified atom stereocenters. The van der Waals surface area contributed by atoms with E-state index in [-0.39, 0.29) is 23.8 Å². The first-order chi connectivity index (χ1) is 10.6. The SMILES string of the molecule is CC(C)C(C(=O)N1CC[C@@H]2CNC[C@@H]2CC1)N1CCCC1=O. The molecule has 0 spiro atoms. The Morgan fingerprint density at radius 3 is 2.27 bits per heavy atom. The van der Waals surface area contributed by atoms with E-state index in [1.165, 1.54) is 0 Å². The van der Waals surface area contributed by atoms with Crippen LogP contribution < -0.4 is 5.32 Å². The van der Waals surface area contributed by atoms with Crippen LogP contribution in [-0.4, -0.2) is 60.4 Å². The van der Waals surface area contributed by atoms with Crippen molar-refractivity contribution in [2.24, 2.45) is 17.8 Å². The summed E-state index contributed by atoms with van der Waals surface area (Å²) in [6.07, 6.45) is 3.70. The molecule has 5 heteroatoms. The number of hydrogen-bond donors (Lipinski definition) is 1. The molecule has 0 saturated carbocycles. The predicted molar refractivity (Wildman–Crippen MR) is 85.2 cm³/mol. The van der Waals surface area contributed by atoms with Gasteiger partial charge in [-0.05, 0) is 50.1 Å². The largest absolute Gasteiger partial charge is 0.341 e. The molecule has 3 saturated heterocycles. The Morgan fingerprint density at radius 2 is 1.77 bits per heavy atom. The van der Waals surface area contributed by atoms with Crippen LogP contribution in [0.15, 0.2) is 0 Å². The zero-order chi connectivity index (χ0) is 15.7. The van der Waals surface area contributed by atoms with Crippen LogP contribution >= 0.6 is 0 Å². The molecule has 22 heavy (non-hydrogen) atoms. The molecule has 5 nitrogen and oxygen atoms in total. The molecule has 3 fully saturated rings. The Morgan fingerprint density at radius 1 is 1.14 bits per heavy atom. The second kappa shape index (κ2) is 6.57. The maximum absolute atomic E-state index is 13.1. The van der Waals surface area contributed by atoms with Crippen LogP contribution in [0.25, 0.3) is 0 Å². The van der Waals surface area contributed by atoms with Crippen molar-refractivity contribution >= 4 is 11.8 Å². The van der Waals surface area contributed by atoms with Crippen molar-refractivity contribution in [3.63, 3.8) is 0 Å². The highest BCUT2D eigenvalue weighted by molar-refractivity contribution is 5.88. The minimum absolute atomic E-state index is 0.156. The topological polar surface area (TPSA) is 52.7 Å². The van der Waals surface area contributed by atoms with Crippen molar-refractivity contribution in [2.75, 3.05) is 32.7 Å². The zero-order valence-electron chi connectivity index (χ0n) is 13.9. The van der Waals surface area contributed by atoms with Crippen molar-refractivity contribution in [1.82, 2.24) is 15.1 Å². The zero-order valence-corrected chi connectivity index (χ0v) is 13.9. The Bertz CT molecular complexity index is 424. The fraction of sp³-hybridized carbons (Fsp3) is 0.882. The van der Waals surface area contributed by atoms with E-state index in [0.717, 1.165) is 63.8 Å². The molecule has 0 aromatic heterocycles. The van der Waals surface area contributed by atoms with Crippen LogP contribution in [0.1, 0.15) is 39.5 Å². The van der Waals surface area contributed by atoms with Gasteiger partial charge in [-0.25, -0.2) is 0 Å². The molecule has 0 aromatic carbocycles. The smallest absolute Gasteiger partial charge is 0.245 e. The third-order valence-corrected chi connectivity index (χ3v) is 5.66. The third-order valence-electron chi connectivity index (χ3n) is 5.66. The summed E-state index contributed by atoms with van der Waals surface area (Å²) in [7, 11) is 0. The van der Waals surface area contributed by atoms with Gasteiger partial charge in [-0.3, -0.25) is 9.59 Å². The normalized spacial score (nSPS) is 30.6. The highest BCUT2D eigenvalue weighted by atomic mass is 16.2. The molecule has 2 amide bonds. The van der Waals surface area contributed by atoms with Crippen LogP contribution in [0.5, 0.6) is 0 Å². The quantitative estimate of drug-likeness (QED) is 0.849. The van der Waals surface area contributed by atoms with E-state index in [4.69, 9.17) is 0 Å². The standard InChI is InChI=1S/C17H29N3O2/c1-12(2)16(20-7-3-4-15(20)21)17(22)19-8-5-13-10-18-11-14(13)6-9-19/h12-14,16,18H,3-11H2,1-2H3/t13-,14+,16?. The van der Waals surface area contributed by atoms with Crippen molar-refractivity contribution in [3.8, 4) is 0 Å². The average Bonchev–Trinajstić information content (AvgIpc) is 3.04. The maximum Gasteiger partial charge on any atom is 0.245 e. The minimum atomic E-state index is -0.258. The third kappa shape index (κ3) is 3.00. The molecule has 0 radical (unpaired) electrons. The Kier molecular flexibility index (Phi) is 4.71. The fourth-order valence-corrected chi connectivity index (χ4v) is 4.37. The lowest BCUT2D eigenvalue weighted by Crippen LogP contribution is -2.52. The summed E-state index contributed by atoms with van der Waals surface area (Å²) < 4.78 is 0. The number of nitrogens with zero attached hydrogens (tertiary/aromatic N) is 2. The highest BCUT2D eigenvalue weighted by Gasteiger charge is 2.39. The number of amides is 2. The van der Waals surface area contributed by atoms with Gasteiger partial charge in [0.05, 0.1) is 0 Å². The molecule has 3 aliphatic heterocycles. The molecule has 0 aromatic rings. The van der Waals surface area contributed by atoms with Crippen LogP contribution in [0.4, 0.5) is 0 Å². The fourth-order valence-electron chi connectivity index (χ4n) is 4.37. The van der Waals surface area contributed by atoms with E-state index in [0.29, 0.717) is 6.42 Å². The maximum atomic E-state index is 13.1. The molecule has 3 aliphatic rings. The number of hydrogen-bond acceptors (Lipinski definition) is 3. The molecule has 0 bridgehead atoms. The Labute approximate surface area is 133 Å². The number of carbonyl (C=O) groups excluding carboxylic acids is 2. The first-order valence-electron chi connectivity index (χ1n) is 8.87. The van der Waals surface area contributed by atoms with Crippen LogP contribution in [0.2, 0.25) is 0 Å². The Hall–Kier alpha value is -1.10. The van der Waals surface area contributed by atoms with Gasteiger partial charge in [0.1, 0.15) is 6.04 Å². The van der Waals surface area contributed by atoms with Gasteiger partial charge in [-0.1, -0.05) is 13.8 Å². The summed E-state index contributed by atoms with van der Waals surface area (Å²) in [6.45, 7) is 8.78. The van der Waals surface area contributed by atoms with E-state index in [1.807, 2.05) is 9.80 Å². The van der Waals surface area contributed by atoms with Crippen LogP contribution in [-0.2, 0) is 9.59 Å². The highest BCUT2D eigenvalue weighted by Crippen LogP contribution is 2.28. The lowest BCUT2D eigenvalue weighted by molar-refractivity contribution is -0.145. The van der Waals surface area contributed by atoms with Crippen molar-refractivity contribution < 1.29 is 9.59 Å². The van der Waals surface area contributed by atoms with E-state index in [1.54, 1.807) is 0 Å². The molecule has 3 rings (SSSR count). The van der Waals surface area contributed by atoms with Gasteiger partial charge in [0.15, 0.2) is 0 Å². The summed E-state index contributed by atoms with van der Waals surface area (Å²) in [6, 6.07) is -0.258. The molecule has 3 atom stereocenters. The number of nitrogens with one attached hydrogen (secondary N) is 1. The summed E-state index contributed by atoms with van der Waals surface area (Å²) in [4.78, 5) is 29.0. The van der Waals surface area contributed by atoms with E-state index in [9.17, 15) is 9.59 Å². The first-order valence-corrected chi connectivity index (χ1v) is 8.87. The van der Waals surface area contributed by atoms with Crippen LogP contribution in [0, 0.1) is 17.8 Å². The average molecular weight is 307 g/mol.